The van der Waals surface area contributed by atoms with Crippen molar-refractivity contribution < 1.29 is 78.4 Å². The molecule has 0 bridgehead atoms. The molecule has 0 aromatic heterocycles. The van der Waals surface area contributed by atoms with Crippen molar-refractivity contribution in [3.63, 3.8) is 0 Å². The summed E-state index contributed by atoms with van der Waals surface area (Å²) in [5, 5.41) is -0.102. The Morgan fingerprint density at radius 1 is 0.738 bits per heavy atom. The molecule has 0 heterocycles. The molecule has 4 unspecified atom stereocenters. The van der Waals surface area contributed by atoms with E-state index in [0.29, 0.717) is 24.8 Å². The van der Waals surface area contributed by atoms with Gasteiger partial charge in [0.25, 0.3) is 0 Å². The molecule has 2 aromatic rings. The van der Waals surface area contributed by atoms with Crippen molar-refractivity contribution in [2.24, 2.45) is 0 Å². The minimum absolute atomic E-state index is 0. The Kier molecular flexibility index (Phi) is 15.2. The average Bonchev–Trinajstić information content (AvgIpc) is 2.84. The first kappa shape index (κ1) is 38.0. The summed E-state index contributed by atoms with van der Waals surface area (Å²) >= 11 is 0. The summed E-state index contributed by atoms with van der Waals surface area (Å²) in [6, 6.07) is 4.14. The van der Waals surface area contributed by atoms with Crippen LogP contribution in [-0.2, 0) is 26.6 Å². The first-order chi connectivity index (χ1) is 19.1. The van der Waals surface area contributed by atoms with Gasteiger partial charge in [0, 0.05) is 37.5 Å². The van der Waals surface area contributed by atoms with Crippen molar-refractivity contribution in [1.29, 1.82) is 0 Å². The molecule has 0 amide bonds. The number of hydrogen-bond donors (Lipinski definition) is 0. The van der Waals surface area contributed by atoms with Gasteiger partial charge in [-0.2, -0.15) is 26.3 Å². The van der Waals surface area contributed by atoms with Crippen molar-refractivity contribution in [3.8, 4) is 17.2 Å². The third-order valence-electron chi connectivity index (χ3n) is 5.27. The smallest absolute Gasteiger partial charge is 0.465 e. The molecule has 15 heteroatoms. The van der Waals surface area contributed by atoms with Crippen LogP contribution >= 0.6 is 8.58 Å². The predicted molar refractivity (Wildman–Crippen MR) is 140 cm³/mol. The van der Waals surface area contributed by atoms with Crippen LogP contribution in [0.1, 0.15) is 63.0 Å². The molecule has 0 spiro atoms. The molecule has 0 saturated heterocycles. The summed E-state index contributed by atoms with van der Waals surface area (Å²) in [7, 11) is -1.29. The summed E-state index contributed by atoms with van der Waals surface area (Å²) in [6.45, 7) is 10.6. The number of alkyl halides is 6. The molecule has 230 valence electrons. The molecular weight excluding hydrogens is 588 g/mol. The summed E-state index contributed by atoms with van der Waals surface area (Å²) in [5.74, 6) is -0.0674. The van der Waals surface area contributed by atoms with Gasteiger partial charge < -0.3 is 28.4 Å². The molecule has 0 aliphatic carbocycles. The van der Waals surface area contributed by atoms with Crippen LogP contribution in [0.15, 0.2) is 30.3 Å². The maximum Gasteiger partial charge on any atom is 1.00 e. The van der Waals surface area contributed by atoms with E-state index in [1.807, 2.05) is 0 Å². The molecule has 7 nitrogen and oxygen atoms in total. The van der Waals surface area contributed by atoms with Gasteiger partial charge in [-0.3, -0.25) is 4.79 Å². The van der Waals surface area contributed by atoms with Gasteiger partial charge in [0.1, 0.15) is 17.2 Å². The number of ether oxygens (including phenoxy) is 6. The second-order valence-corrected chi connectivity index (χ2v) is 9.60. The van der Waals surface area contributed by atoms with E-state index in [9.17, 15) is 31.1 Å². The van der Waals surface area contributed by atoms with E-state index in [1.54, 1.807) is 27.7 Å². The molecule has 2 rings (SSSR count). The van der Waals surface area contributed by atoms with Gasteiger partial charge in [-0.05, 0) is 62.3 Å². The molecule has 42 heavy (non-hydrogen) atoms. The Hall–Kier alpha value is -2.00. The van der Waals surface area contributed by atoms with Crippen molar-refractivity contribution in [1.82, 2.24) is 0 Å². The Morgan fingerprint density at radius 3 is 1.48 bits per heavy atom. The van der Waals surface area contributed by atoms with Gasteiger partial charge in [0.15, 0.2) is 24.4 Å². The van der Waals surface area contributed by atoms with E-state index < -0.39 is 62.0 Å². The van der Waals surface area contributed by atoms with Crippen LogP contribution in [0.4, 0.5) is 26.3 Å². The van der Waals surface area contributed by atoms with Crippen LogP contribution < -0.4 is 38.4 Å². The summed E-state index contributed by atoms with van der Waals surface area (Å²) in [6.07, 6.45) is -13.0. The van der Waals surface area contributed by atoms with Gasteiger partial charge in [-0.15, -0.1) is 0 Å². The topological polar surface area (TPSA) is 72.5 Å². The first-order valence-electron chi connectivity index (χ1n) is 12.7. The maximum atomic E-state index is 13.8. The molecular formula is C27H33F6LiO7P+. The molecule has 0 fully saturated rings. The Labute approximate surface area is 254 Å². The minimum Gasteiger partial charge on any atom is -0.465 e. The van der Waals surface area contributed by atoms with Crippen LogP contribution in [0.25, 0.3) is 0 Å². The number of halogens is 6. The maximum absolute atomic E-state index is 13.8. The SMILES string of the molecule is CCOC(C)Oc1cc(OC(C)OCC)c(PC(=O)c2c(C(F)(F)F)cccc2C(F)(F)F)c(OC(C)OCC)c1.[Li+]. The third kappa shape index (κ3) is 10.9. The molecule has 0 radical (unpaired) electrons. The van der Waals surface area contributed by atoms with E-state index in [-0.39, 0.29) is 54.6 Å². The number of carbonyl (C=O) groups excluding carboxylic acids is 1. The Bertz CT molecular complexity index is 1100. The van der Waals surface area contributed by atoms with Crippen LogP contribution in [0.3, 0.4) is 0 Å². The zero-order chi connectivity index (χ0) is 31.0. The van der Waals surface area contributed by atoms with Gasteiger partial charge in [0.05, 0.1) is 16.4 Å². The Morgan fingerprint density at radius 2 is 1.12 bits per heavy atom. The molecule has 2 aromatic carbocycles. The fourth-order valence-corrected chi connectivity index (χ4v) is 4.87. The van der Waals surface area contributed by atoms with E-state index in [2.05, 4.69) is 0 Å². The third-order valence-corrected chi connectivity index (χ3v) is 6.49. The quantitative estimate of drug-likeness (QED) is 0.128. The standard InChI is InChI=1S/C27H33F6O7P.Li/c1-7-35-15(4)38-18-13-21(39-16(5)36-8-2)24(22(14-18)40-17(6)37-9-3)41-25(34)23-19(26(28,29)30)11-10-12-20(23)27(31,32)33;/h10-17,41H,7-9H2,1-6H3;/q;+1. The van der Waals surface area contributed by atoms with Gasteiger partial charge in [0.2, 0.25) is 0 Å². The van der Waals surface area contributed by atoms with Crippen molar-refractivity contribution in [3.05, 3.63) is 47.0 Å². The predicted octanol–water partition coefficient (Wildman–Crippen LogP) is 4.16. The number of benzene rings is 2. The van der Waals surface area contributed by atoms with Crippen LogP contribution in [-0.4, -0.2) is 44.2 Å². The largest absolute Gasteiger partial charge is 1.00 e. The fraction of sp³-hybridized carbons (Fsp3) is 0.519. The minimum atomic E-state index is -5.23. The van der Waals surface area contributed by atoms with Crippen molar-refractivity contribution >= 4 is 19.4 Å². The molecule has 0 aliphatic heterocycles. The van der Waals surface area contributed by atoms with Crippen molar-refractivity contribution in [2.45, 2.75) is 72.8 Å². The van der Waals surface area contributed by atoms with E-state index in [0.717, 1.165) is 0 Å². The monoisotopic (exact) mass is 621 g/mol. The van der Waals surface area contributed by atoms with Crippen LogP contribution in [0, 0.1) is 0 Å². The van der Waals surface area contributed by atoms with Gasteiger partial charge in [-0.25, -0.2) is 0 Å². The second-order valence-electron chi connectivity index (χ2n) is 8.39. The van der Waals surface area contributed by atoms with Crippen molar-refractivity contribution in [2.75, 3.05) is 19.8 Å². The zero-order valence-electron chi connectivity index (χ0n) is 24.4. The van der Waals surface area contributed by atoms with E-state index in [4.69, 9.17) is 28.4 Å². The molecule has 4 atom stereocenters. The van der Waals surface area contributed by atoms with Crippen LogP contribution in [0.2, 0.25) is 0 Å². The van der Waals surface area contributed by atoms with Gasteiger partial charge >= 0.3 is 31.2 Å². The number of rotatable bonds is 15. The fourth-order valence-electron chi connectivity index (χ4n) is 3.74. The second kappa shape index (κ2) is 16.7. The molecule has 0 aliphatic rings. The molecule has 0 saturated carbocycles. The number of hydrogen-bond acceptors (Lipinski definition) is 7. The molecule has 0 N–H and O–H groups in total. The van der Waals surface area contributed by atoms with E-state index in [1.165, 1.54) is 26.0 Å². The average molecular weight is 621 g/mol. The van der Waals surface area contributed by atoms with E-state index >= 15 is 0 Å². The zero-order valence-corrected chi connectivity index (χ0v) is 25.4. The summed E-state index contributed by atoms with van der Waals surface area (Å²) < 4.78 is 116. The summed E-state index contributed by atoms with van der Waals surface area (Å²) in [5.41, 5.74) is -6.33. The Balaban J connectivity index is 0.00000882. The van der Waals surface area contributed by atoms with Gasteiger partial charge in [-0.1, -0.05) is 6.07 Å². The normalized spacial score (nSPS) is 14.3. The number of carbonyl (C=O) groups is 1. The summed E-state index contributed by atoms with van der Waals surface area (Å²) in [4.78, 5) is 13.4. The van der Waals surface area contributed by atoms with Crippen LogP contribution in [0.5, 0.6) is 17.2 Å². The first-order valence-corrected chi connectivity index (χ1v) is 13.7.